The van der Waals surface area contributed by atoms with Crippen LogP contribution < -0.4 is 5.32 Å². The number of nitrogens with zero attached hydrogens (tertiary/aromatic N) is 3. The lowest BCUT2D eigenvalue weighted by molar-refractivity contribution is -0.120. The number of nitrogens with one attached hydrogen (secondary N) is 1. The number of aromatic nitrogens is 2. The van der Waals surface area contributed by atoms with Crippen LogP contribution in [0.2, 0.25) is 0 Å². The van der Waals surface area contributed by atoms with Gasteiger partial charge in [-0.1, -0.05) is 25.6 Å². The molecule has 24 heavy (non-hydrogen) atoms. The molecule has 7 heteroatoms. The van der Waals surface area contributed by atoms with E-state index in [9.17, 15) is 10.1 Å². The predicted molar refractivity (Wildman–Crippen MR) is 99.3 cm³/mol. The summed E-state index contributed by atoms with van der Waals surface area (Å²) in [7, 11) is 0. The molecule has 0 aromatic carbocycles. The minimum atomic E-state index is -0.858. The van der Waals surface area contributed by atoms with Crippen molar-refractivity contribution in [2.75, 3.05) is 5.75 Å². The molecule has 0 unspecified atom stereocenters. The summed E-state index contributed by atoms with van der Waals surface area (Å²) in [5.41, 5.74) is 0.311. The summed E-state index contributed by atoms with van der Waals surface area (Å²) >= 11 is 3.05. The molecule has 5 nitrogen and oxygen atoms in total. The van der Waals surface area contributed by atoms with Crippen LogP contribution >= 0.6 is 23.1 Å². The molecule has 0 aliphatic carbocycles. The number of amides is 1. The van der Waals surface area contributed by atoms with E-state index in [4.69, 9.17) is 0 Å². The Morgan fingerprint density at radius 2 is 2.04 bits per heavy atom. The number of fused-ring (bicyclic) bond motifs is 1. The van der Waals surface area contributed by atoms with Crippen LogP contribution in [0.4, 0.5) is 0 Å². The van der Waals surface area contributed by atoms with E-state index in [1.807, 2.05) is 20.8 Å². The van der Waals surface area contributed by atoms with Crippen molar-refractivity contribution >= 4 is 39.2 Å². The Kier molecular flexibility index (Phi) is 5.51. The van der Waals surface area contributed by atoms with Crippen molar-refractivity contribution in [3.63, 3.8) is 0 Å². The number of hydrogen-bond donors (Lipinski definition) is 1. The highest BCUT2D eigenvalue weighted by Crippen LogP contribution is 2.35. The fourth-order valence-corrected chi connectivity index (χ4v) is 4.25. The van der Waals surface area contributed by atoms with Crippen molar-refractivity contribution < 1.29 is 4.79 Å². The van der Waals surface area contributed by atoms with E-state index in [1.54, 1.807) is 18.3 Å². The number of aryl methyl sites for hydroxylation is 3. The Labute approximate surface area is 150 Å². The van der Waals surface area contributed by atoms with Gasteiger partial charge in [0.1, 0.15) is 21.2 Å². The molecule has 0 aliphatic rings. The largest absolute Gasteiger partial charge is 0.337 e. The van der Waals surface area contributed by atoms with Gasteiger partial charge in [-0.3, -0.25) is 4.79 Å². The maximum atomic E-state index is 12.3. The highest BCUT2D eigenvalue weighted by atomic mass is 32.2. The van der Waals surface area contributed by atoms with Crippen LogP contribution in [0.3, 0.4) is 0 Å². The van der Waals surface area contributed by atoms with Gasteiger partial charge in [-0.2, -0.15) is 5.26 Å². The summed E-state index contributed by atoms with van der Waals surface area (Å²) < 4.78 is 0. The first kappa shape index (κ1) is 18.7. The number of thiophene rings is 1. The minimum Gasteiger partial charge on any atom is -0.337 e. The number of rotatable bonds is 5. The van der Waals surface area contributed by atoms with Crippen LogP contribution in [0.15, 0.2) is 5.03 Å². The second kappa shape index (κ2) is 7.08. The normalized spacial score (nSPS) is 13.8. The number of carbonyl (C=O) groups is 1. The lowest BCUT2D eigenvalue weighted by Crippen LogP contribution is -2.49. The summed E-state index contributed by atoms with van der Waals surface area (Å²) in [6, 6.07) is 2.19. The summed E-state index contributed by atoms with van der Waals surface area (Å²) in [5, 5.41) is 14.0. The number of hydrogen-bond acceptors (Lipinski definition) is 6. The van der Waals surface area contributed by atoms with E-state index in [0.717, 1.165) is 15.2 Å². The van der Waals surface area contributed by atoms with Crippen LogP contribution in [0.1, 0.15) is 37.0 Å². The zero-order valence-electron chi connectivity index (χ0n) is 14.9. The predicted octanol–water partition coefficient (Wildman–Crippen LogP) is 3.76. The molecule has 2 aromatic heterocycles. The second-order valence-electron chi connectivity index (χ2n) is 6.35. The summed E-state index contributed by atoms with van der Waals surface area (Å²) in [5.74, 6) is 0.804. The molecule has 0 saturated carbocycles. The van der Waals surface area contributed by atoms with Gasteiger partial charge >= 0.3 is 0 Å². The lowest BCUT2D eigenvalue weighted by Gasteiger charge is -2.27. The van der Waals surface area contributed by atoms with Gasteiger partial charge in [0, 0.05) is 10.3 Å². The molecule has 0 spiro atoms. The molecule has 0 aliphatic heterocycles. The average Bonchev–Trinajstić information content (AvgIpc) is 2.79. The molecule has 128 valence electrons. The highest BCUT2D eigenvalue weighted by molar-refractivity contribution is 8.00. The Morgan fingerprint density at radius 3 is 2.62 bits per heavy atom. The lowest BCUT2D eigenvalue weighted by atomic mass is 9.90. The third-order valence-electron chi connectivity index (χ3n) is 4.23. The SMILES string of the molecule is Cc1nc(SCC(=O)N[C@](C)(C#N)C(C)C)c2c(C)c(C)sc2n1. The van der Waals surface area contributed by atoms with Crippen molar-refractivity contribution in [1.82, 2.24) is 15.3 Å². The first-order chi connectivity index (χ1) is 11.2. The van der Waals surface area contributed by atoms with E-state index in [-0.39, 0.29) is 17.6 Å². The van der Waals surface area contributed by atoms with Crippen molar-refractivity contribution in [2.24, 2.45) is 5.92 Å². The molecule has 0 radical (unpaired) electrons. The zero-order chi connectivity index (χ0) is 18.1. The topological polar surface area (TPSA) is 78.7 Å². The monoisotopic (exact) mass is 362 g/mol. The van der Waals surface area contributed by atoms with Crippen LogP contribution in [-0.2, 0) is 4.79 Å². The standard InChI is InChI=1S/C17H22N4OS2/c1-9(2)17(6,8-18)21-13(22)7-23-15-14-10(3)11(4)24-16(14)20-12(5)19-15/h9H,7H2,1-6H3,(H,21,22)/t17-/m1/s1. The molecule has 2 heterocycles. The third kappa shape index (κ3) is 3.70. The molecule has 1 N–H and O–H groups in total. The molecule has 1 amide bonds. The maximum absolute atomic E-state index is 12.3. The maximum Gasteiger partial charge on any atom is 0.231 e. The first-order valence-electron chi connectivity index (χ1n) is 7.77. The Morgan fingerprint density at radius 1 is 1.38 bits per heavy atom. The van der Waals surface area contributed by atoms with E-state index in [1.165, 1.54) is 22.2 Å². The van der Waals surface area contributed by atoms with E-state index in [0.29, 0.717) is 5.82 Å². The Balaban J connectivity index is 2.19. The molecule has 2 rings (SSSR count). The zero-order valence-corrected chi connectivity index (χ0v) is 16.5. The smallest absolute Gasteiger partial charge is 0.231 e. The van der Waals surface area contributed by atoms with Crippen LogP contribution in [0, 0.1) is 38.0 Å². The summed E-state index contributed by atoms with van der Waals surface area (Å²) in [4.78, 5) is 23.5. The Hall–Kier alpha value is -1.65. The Bertz CT molecular complexity index is 822. The quantitative estimate of drug-likeness (QED) is 0.647. The van der Waals surface area contributed by atoms with Gasteiger partial charge in [-0.15, -0.1) is 11.3 Å². The molecule has 0 bridgehead atoms. The van der Waals surface area contributed by atoms with Crippen molar-refractivity contribution in [3.8, 4) is 6.07 Å². The molecular weight excluding hydrogens is 340 g/mol. The van der Waals surface area contributed by atoms with Gasteiger partial charge in [-0.25, -0.2) is 9.97 Å². The van der Waals surface area contributed by atoms with Crippen molar-refractivity contribution in [2.45, 2.75) is 52.1 Å². The van der Waals surface area contributed by atoms with Crippen LogP contribution in [0.5, 0.6) is 0 Å². The fourth-order valence-electron chi connectivity index (χ4n) is 2.18. The van der Waals surface area contributed by atoms with Gasteiger partial charge < -0.3 is 5.32 Å². The number of nitriles is 1. The molecule has 1 atom stereocenters. The summed E-state index contributed by atoms with van der Waals surface area (Å²) in [6.45, 7) is 11.6. The van der Waals surface area contributed by atoms with Crippen LogP contribution in [0.25, 0.3) is 10.2 Å². The van der Waals surface area contributed by atoms with Crippen molar-refractivity contribution in [3.05, 3.63) is 16.3 Å². The number of thioether (sulfide) groups is 1. The fraction of sp³-hybridized carbons (Fsp3) is 0.529. The minimum absolute atomic E-state index is 0.0335. The van der Waals surface area contributed by atoms with Gasteiger partial charge in [-0.05, 0) is 39.2 Å². The highest BCUT2D eigenvalue weighted by Gasteiger charge is 2.30. The molecule has 2 aromatic rings. The number of carbonyl (C=O) groups excluding carboxylic acids is 1. The molecular formula is C17H22N4OS2. The van der Waals surface area contributed by atoms with Crippen LogP contribution in [-0.4, -0.2) is 27.2 Å². The first-order valence-corrected chi connectivity index (χ1v) is 9.57. The summed E-state index contributed by atoms with van der Waals surface area (Å²) in [6.07, 6.45) is 0. The van der Waals surface area contributed by atoms with E-state index >= 15 is 0 Å². The molecule has 0 saturated heterocycles. The van der Waals surface area contributed by atoms with Gasteiger partial charge in [0.15, 0.2) is 0 Å². The van der Waals surface area contributed by atoms with Gasteiger partial charge in [0.05, 0.1) is 11.8 Å². The van der Waals surface area contributed by atoms with E-state index < -0.39 is 5.54 Å². The molecule has 0 fully saturated rings. The third-order valence-corrected chi connectivity index (χ3v) is 6.31. The average molecular weight is 363 g/mol. The van der Waals surface area contributed by atoms with Gasteiger partial charge in [0.2, 0.25) is 5.91 Å². The second-order valence-corrected chi connectivity index (χ2v) is 8.51. The van der Waals surface area contributed by atoms with Gasteiger partial charge in [0.25, 0.3) is 0 Å². The van der Waals surface area contributed by atoms with E-state index in [2.05, 4.69) is 35.2 Å². The van der Waals surface area contributed by atoms with Crippen molar-refractivity contribution in [1.29, 1.82) is 5.26 Å².